The molecular weight excluding hydrogens is 416 g/mol. The molecule has 3 aromatic rings. The third-order valence-corrected chi connectivity index (χ3v) is 5.64. The van der Waals surface area contributed by atoms with Gasteiger partial charge in [-0.3, -0.25) is 19.9 Å². The number of rotatable bonds is 5. The van der Waals surface area contributed by atoms with E-state index in [1.807, 2.05) is 42.7 Å². The van der Waals surface area contributed by atoms with Crippen LogP contribution in [0.1, 0.15) is 43.1 Å². The molecule has 0 bridgehead atoms. The molecule has 168 valence electrons. The van der Waals surface area contributed by atoms with Gasteiger partial charge in [-0.2, -0.15) is 5.26 Å². The Hall–Kier alpha value is -3.99. The van der Waals surface area contributed by atoms with Crippen molar-refractivity contribution in [2.75, 3.05) is 18.4 Å². The molecule has 1 aliphatic rings. The number of piperidine rings is 1. The zero-order valence-corrected chi connectivity index (χ0v) is 18.7. The summed E-state index contributed by atoms with van der Waals surface area (Å²) in [6.07, 6.45) is 6.45. The first kappa shape index (κ1) is 22.2. The molecule has 1 unspecified atom stereocenters. The molecule has 1 atom stereocenters. The first-order chi connectivity index (χ1) is 16.0. The van der Waals surface area contributed by atoms with Crippen LogP contribution in [0.3, 0.4) is 0 Å². The van der Waals surface area contributed by atoms with E-state index in [1.165, 1.54) is 6.20 Å². The quantitative estimate of drug-likeness (QED) is 0.476. The summed E-state index contributed by atoms with van der Waals surface area (Å²) in [5.74, 6) is -0.00468. The molecule has 0 spiro atoms. The van der Waals surface area contributed by atoms with E-state index in [9.17, 15) is 14.9 Å². The fourth-order valence-electron chi connectivity index (χ4n) is 4.18. The van der Waals surface area contributed by atoms with Crippen molar-refractivity contribution in [3.8, 4) is 6.07 Å². The van der Waals surface area contributed by atoms with E-state index < -0.39 is 0 Å². The van der Waals surface area contributed by atoms with Crippen LogP contribution in [-0.2, 0) is 4.79 Å². The van der Waals surface area contributed by atoms with Gasteiger partial charge in [-0.25, -0.2) is 4.98 Å². The Morgan fingerprint density at radius 2 is 2.06 bits per heavy atom. The Labute approximate surface area is 192 Å². The minimum absolute atomic E-state index is 0.0849. The van der Waals surface area contributed by atoms with Gasteiger partial charge in [0.25, 0.3) is 11.8 Å². The van der Waals surface area contributed by atoms with E-state index in [-0.39, 0.29) is 29.3 Å². The number of amides is 2. The van der Waals surface area contributed by atoms with E-state index in [1.54, 1.807) is 29.3 Å². The van der Waals surface area contributed by atoms with Gasteiger partial charge in [0.15, 0.2) is 0 Å². The fourth-order valence-corrected chi connectivity index (χ4v) is 4.18. The number of carbonyl (C=O) groups is 2. The lowest BCUT2D eigenvalue weighted by Crippen LogP contribution is -2.41. The van der Waals surface area contributed by atoms with Gasteiger partial charge in [0, 0.05) is 25.5 Å². The molecule has 8 nitrogen and oxygen atoms in total. The first-order valence-electron chi connectivity index (χ1n) is 11.1. The summed E-state index contributed by atoms with van der Waals surface area (Å²) in [4.78, 5) is 36.2. The molecule has 1 aliphatic heterocycles. The number of carbonyl (C=O) groups excluding carboxylic acids is 2. The van der Waals surface area contributed by atoms with Crippen LogP contribution in [0.5, 0.6) is 0 Å². The second kappa shape index (κ2) is 9.65. The largest absolute Gasteiger partial charge is 0.336 e. The van der Waals surface area contributed by atoms with Gasteiger partial charge in [0.1, 0.15) is 11.6 Å². The first-order valence-corrected chi connectivity index (χ1v) is 11.1. The number of nitrogens with one attached hydrogen (secondary N) is 1. The number of aromatic nitrogens is 3. The van der Waals surface area contributed by atoms with Crippen LogP contribution in [0, 0.1) is 17.2 Å². The Morgan fingerprint density at radius 3 is 2.79 bits per heavy atom. The molecule has 8 heteroatoms. The number of para-hydroxylation sites is 2. The van der Waals surface area contributed by atoms with Crippen molar-refractivity contribution in [1.29, 1.82) is 5.26 Å². The zero-order chi connectivity index (χ0) is 23.4. The molecule has 0 radical (unpaired) electrons. The Kier molecular flexibility index (Phi) is 6.50. The number of nitrogens with zero attached hydrogens (tertiary/aromatic N) is 5. The van der Waals surface area contributed by atoms with Gasteiger partial charge >= 0.3 is 0 Å². The molecule has 1 aromatic carbocycles. The number of hydrogen-bond donors (Lipinski definition) is 1. The van der Waals surface area contributed by atoms with E-state index in [2.05, 4.69) is 21.4 Å². The Balaban J connectivity index is 1.66. The van der Waals surface area contributed by atoms with Gasteiger partial charge in [0.05, 0.1) is 22.6 Å². The number of likely N-dealkylation sites (tertiary alicyclic amines) is 1. The van der Waals surface area contributed by atoms with Crippen molar-refractivity contribution in [2.45, 2.75) is 32.7 Å². The lowest BCUT2D eigenvalue weighted by molar-refractivity contribution is -0.128. The normalized spacial score (nSPS) is 16.6. The lowest BCUT2D eigenvalue weighted by Gasteiger charge is -2.34. The highest BCUT2D eigenvalue weighted by atomic mass is 16.2. The maximum Gasteiger partial charge on any atom is 0.264 e. The molecule has 0 aliphatic carbocycles. The van der Waals surface area contributed by atoms with Crippen LogP contribution in [0.2, 0.25) is 0 Å². The summed E-state index contributed by atoms with van der Waals surface area (Å²) in [7, 11) is 0. The number of nitriles is 1. The van der Waals surface area contributed by atoms with Crippen molar-refractivity contribution in [2.24, 2.45) is 5.92 Å². The smallest absolute Gasteiger partial charge is 0.264 e. The van der Waals surface area contributed by atoms with Gasteiger partial charge in [-0.05, 0) is 43.0 Å². The molecule has 33 heavy (non-hydrogen) atoms. The third kappa shape index (κ3) is 4.77. The highest BCUT2D eigenvalue weighted by Crippen LogP contribution is 2.31. The van der Waals surface area contributed by atoms with E-state index in [4.69, 9.17) is 0 Å². The summed E-state index contributed by atoms with van der Waals surface area (Å²) < 4.78 is 2.00. The summed E-state index contributed by atoms with van der Waals surface area (Å²) in [5, 5.41) is 12.4. The number of benzene rings is 1. The minimum Gasteiger partial charge on any atom is -0.336 e. The average Bonchev–Trinajstić information content (AvgIpc) is 3.20. The average molecular weight is 443 g/mol. The van der Waals surface area contributed by atoms with Crippen molar-refractivity contribution in [1.82, 2.24) is 19.4 Å². The zero-order valence-electron chi connectivity index (χ0n) is 18.7. The summed E-state index contributed by atoms with van der Waals surface area (Å²) in [6.45, 7) is 4.92. The SMILES string of the molecule is CC(C)C=C(C#N)C(=O)N1CCCC(n2c(NC(=O)c3cccnc3)nc3ccccc32)C1. The van der Waals surface area contributed by atoms with Crippen LogP contribution in [0.4, 0.5) is 5.95 Å². The molecule has 1 fully saturated rings. The molecule has 1 N–H and O–H groups in total. The third-order valence-electron chi connectivity index (χ3n) is 5.64. The van der Waals surface area contributed by atoms with Crippen molar-refractivity contribution in [3.63, 3.8) is 0 Å². The maximum atomic E-state index is 13.0. The molecule has 1 saturated heterocycles. The van der Waals surface area contributed by atoms with Crippen LogP contribution >= 0.6 is 0 Å². The molecule has 4 rings (SSSR count). The number of allylic oxidation sites excluding steroid dienone is 1. The van der Waals surface area contributed by atoms with E-state index in [0.717, 1.165) is 23.9 Å². The van der Waals surface area contributed by atoms with Crippen LogP contribution in [0.25, 0.3) is 11.0 Å². The highest BCUT2D eigenvalue weighted by Gasteiger charge is 2.29. The van der Waals surface area contributed by atoms with Crippen molar-refractivity contribution in [3.05, 3.63) is 66.0 Å². The second-order valence-corrected chi connectivity index (χ2v) is 8.47. The number of anilines is 1. The molecule has 2 amide bonds. The lowest BCUT2D eigenvalue weighted by atomic mass is 10.0. The fraction of sp³-hybridized carbons (Fsp3) is 0.320. The standard InChI is InChI=1S/C25H26N6O2/c1-17(2)13-19(14-26)24(33)30-12-6-8-20(16-30)31-22-10-4-3-9-21(22)28-25(31)29-23(32)18-7-5-11-27-15-18/h3-5,7,9-11,13,15,17,20H,6,8,12,16H2,1-2H3,(H,28,29,32). The van der Waals surface area contributed by atoms with Crippen molar-refractivity contribution >= 4 is 28.8 Å². The Morgan fingerprint density at radius 1 is 1.24 bits per heavy atom. The van der Waals surface area contributed by atoms with E-state index in [0.29, 0.717) is 24.6 Å². The number of fused-ring (bicyclic) bond motifs is 1. The molecule has 0 saturated carbocycles. The van der Waals surface area contributed by atoms with Gasteiger partial charge in [0.2, 0.25) is 5.95 Å². The molecular formula is C25H26N6O2. The predicted molar refractivity (Wildman–Crippen MR) is 125 cm³/mol. The molecule has 3 heterocycles. The number of hydrogen-bond acceptors (Lipinski definition) is 5. The number of imidazole rings is 1. The Bertz CT molecular complexity index is 1240. The highest BCUT2D eigenvalue weighted by molar-refractivity contribution is 6.04. The topological polar surface area (TPSA) is 104 Å². The van der Waals surface area contributed by atoms with Crippen LogP contribution in [0.15, 0.2) is 60.4 Å². The maximum absolute atomic E-state index is 13.0. The summed E-state index contributed by atoms with van der Waals surface area (Å²) in [5.41, 5.74) is 2.26. The monoisotopic (exact) mass is 442 g/mol. The summed E-state index contributed by atoms with van der Waals surface area (Å²) >= 11 is 0. The summed E-state index contributed by atoms with van der Waals surface area (Å²) in [6, 6.07) is 13.1. The molecule has 2 aromatic heterocycles. The van der Waals surface area contributed by atoms with Gasteiger partial charge < -0.3 is 9.47 Å². The van der Waals surface area contributed by atoms with Gasteiger partial charge in [-0.1, -0.05) is 32.1 Å². The van der Waals surface area contributed by atoms with Gasteiger partial charge in [-0.15, -0.1) is 0 Å². The second-order valence-electron chi connectivity index (χ2n) is 8.47. The van der Waals surface area contributed by atoms with Crippen LogP contribution < -0.4 is 5.32 Å². The predicted octanol–water partition coefficient (Wildman–Crippen LogP) is 3.95. The van der Waals surface area contributed by atoms with Crippen LogP contribution in [-0.4, -0.2) is 44.3 Å². The number of pyridine rings is 1. The van der Waals surface area contributed by atoms with E-state index >= 15 is 0 Å². The minimum atomic E-state index is -0.296. The van der Waals surface area contributed by atoms with Crippen molar-refractivity contribution < 1.29 is 9.59 Å².